The monoisotopic (exact) mass is 278 g/mol. The van der Waals surface area contributed by atoms with E-state index in [1.54, 1.807) is 0 Å². The summed E-state index contributed by atoms with van der Waals surface area (Å²) in [5, 5.41) is 2.79. The van der Waals surface area contributed by atoms with Crippen LogP contribution in [0.4, 0.5) is 24.8 Å². The average Bonchev–Trinajstić information content (AvgIpc) is 2.30. The van der Waals surface area contributed by atoms with E-state index in [0.29, 0.717) is 18.2 Å². The van der Waals surface area contributed by atoms with E-state index in [9.17, 15) is 13.2 Å². The number of halogens is 3. The predicted molar refractivity (Wildman–Crippen MR) is 65.6 cm³/mol. The molecule has 0 spiro atoms. The summed E-state index contributed by atoms with van der Waals surface area (Å²) < 4.78 is 41.0. The first-order chi connectivity index (χ1) is 8.90. The maximum Gasteiger partial charge on any atom is 0.389 e. The molecule has 8 heteroatoms. The Balaban J connectivity index is 2.46. The lowest BCUT2D eigenvalue weighted by atomic mass is 10.3. The van der Waals surface area contributed by atoms with Crippen molar-refractivity contribution in [3.8, 4) is 0 Å². The molecule has 19 heavy (non-hydrogen) atoms. The zero-order valence-corrected chi connectivity index (χ0v) is 10.6. The molecule has 0 fully saturated rings. The van der Waals surface area contributed by atoms with Gasteiger partial charge in [-0.2, -0.15) is 13.2 Å². The van der Waals surface area contributed by atoms with E-state index in [-0.39, 0.29) is 25.4 Å². The molecule has 108 valence electrons. The van der Waals surface area contributed by atoms with Crippen LogP contribution >= 0.6 is 0 Å². The third kappa shape index (κ3) is 6.80. The summed E-state index contributed by atoms with van der Waals surface area (Å²) in [5.74, 6) is 1.06. The van der Waals surface area contributed by atoms with Crippen molar-refractivity contribution < 1.29 is 17.9 Å². The van der Waals surface area contributed by atoms with Crippen molar-refractivity contribution in [3.05, 3.63) is 11.9 Å². The second kappa shape index (κ2) is 7.13. The number of rotatable bonds is 7. The lowest BCUT2D eigenvalue weighted by molar-refractivity contribution is -0.134. The predicted octanol–water partition coefficient (Wildman–Crippen LogP) is 2.35. The van der Waals surface area contributed by atoms with Crippen molar-refractivity contribution in [1.29, 1.82) is 0 Å². The van der Waals surface area contributed by atoms with Gasteiger partial charge in [0.2, 0.25) is 0 Å². The van der Waals surface area contributed by atoms with Gasteiger partial charge in [0.25, 0.3) is 0 Å². The SMILES string of the molecule is CCOCc1nc(N)cc(NCCCC(F)(F)F)n1. The smallest absolute Gasteiger partial charge is 0.384 e. The van der Waals surface area contributed by atoms with Crippen molar-refractivity contribution in [2.45, 2.75) is 32.5 Å². The van der Waals surface area contributed by atoms with Crippen LogP contribution in [0.25, 0.3) is 0 Å². The zero-order valence-electron chi connectivity index (χ0n) is 10.6. The van der Waals surface area contributed by atoms with Gasteiger partial charge in [-0.15, -0.1) is 0 Å². The first-order valence-electron chi connectivity index (χ1n) is 5.92. The molecule has 0 unspecified atom stereocenters. The molecule has 1 rings (SSSR count). The number of hydrogen-bond donors (Lipinski definition) is 2. The van der Waals surface area contributed by atoms with Crippen LogP contribution in [-0.4, -0.2) is 29.3 Å². The normalized spacial score (nSPS) is 11.6. The minimum atomic E-state index is -4.13. The number of alkyl halides is 3. The standard InChI is InChI=1S/C11H17F3N4O/c1-2-19-7-10-17-8(15)6-9(18-10)16-5-3-4-11(12,13)14/h6H,2-5,7H2,1H3,(H3,15,16,17,18). The largest absolute Gasteiger partial charge is 0.389 e. The number of nitrogens with one attached hydrogen (secondary N) is 1. The van der Waals surface area contributed by atoms with Crippen LogP contribution in [-0.2, 0) is 11.3 Å². The molecule has 1 aromatic rings. The highest BCUT2D eigenvalue weighted by Gasteiger charge is 2.25. The Hall–Kier alpha value is -1.57. The molecule has 0 atom stereocenters. The van der Waals surface area contributed by atoms with Crippen molar-refractivity contribution in [2.75, 3.05) is 24.2 Å². The Morgan fingerprint density at radius 2 is 2.11 bits per heavy atom. The summed E-state index contributed by atoms with van der Waals surface area (Å²) >= 11 is 0. The molecule has 1 heterocycles. The number of ether oxygens (including phenoxy) is 1. The van der Waals surface area contributed by atoms with Gasteiger partial charge in [-0.1, -0.05) is 0 Å². The highest BCUT2D eigenvalue weighted by Crippen LogP contribution is 2.21. The summed E-state index contributed by atoms with van der Waals surface area (Å²) in [5.41, 5.74) is 5.58. The highest BCUT2D eigenvalue weighted by molar-refractivity contribution is 5.44. The van der Waals surface area contributed by atoms with Gasteiger partial charge in [0.15, 0.2) is 5.82 Å². The van der Waals surface area contributed by atoms with E-state index in [1.807, 2.05) is 6.92 Å². The third-order valence-electron chi connectivity index (χ3n) is 2.17. The Morgan fingerprint density at radius 1 is 1.37 bits per heavy atom. The summed E-state index contributed by atoms with van der Waals surface area (Å²) in [6, 6.07) is 1.48. The fraction of sp³-hybridized carbons (Fsp3) is 0.636. The van der Waals surface area contributed by atoms with Gasteiger partial charge in [0, 0.05) is 25.6 Å². The molecule has 0 aliphatic rings. The minimum Gasteiger partial charge on any atom is -0.384 e. The zero-order chi connectivity index (χ0) is 14.3. The summed E-state index contributed by atoms with van der Waals surface area (Å²) in [6.07, 6.45) is -4.98. The van der Waals surface area contributed by atoms with E-state index in [4.69, 9.17) is 10.5 Å². The maximum atomic E-state index is 12.0. The van der Waals surface area contributed by atoms with Gasteiger partial charge in [0.1, 0.15) is 18.2 Å². The minimum absolute atomic E-state index is 0.0196. The lowest BCUT2D eigenvalue weighted by Crippen LogP contribution is -2.12. The second-order valence-electron chi connectivity index (χ2n) is 3.88. The summed E-state index contributed by atoms with van der Waals surface area (Å²) in [4.78, 5) is 8.06. The van der Waals surface area contributed by atoms with Crippen LogP contribution in [0.15, 0.2) is 6.07 Å². The molecule has 0 aliphatic heterocycles. The van der Waals surface area contributed by atoms with Gasteiger partial charge in [-0.25, -0.2) is 9.97 Å². The lowest BCUT2D eigenvalue weighted by Gasteiger charge is -2.09. The molecular weight excluding hydrogens is 261 g/mol. The third-order valence-corrected chi connectivity index (χ3v) is 2.17. The molecule has 0 saturated carbocycles. The quantitative estimate of drug-likeness (QED) is 0.749. The van der Waals surface area contributed by atoms with Crippen LogP contribution in [0.5, 0.6) is 0 Å². The topological polar surface area (TPSA) is 73.1 Å². The summed E-state index contributed by atoms with van der Waals surface area (Å²) in [6.45, 7) is 2.75. The molecule has 0 amide bonds. The van der Waals surface area contributed by atoms with E-state index in [1.165, 1.54) is 6.07 Å². The van der Waals surface area contributed by atoms with Gasteiger partial charge >= 0.3 is 6.18 Å². The van der Waals surface area contributed by atoms with Crippen LogP contribution in [0.1, 0.15) is 25.6 Å². The number of hydrogen-bond acceptors (Lipinski definition) is 5. The molecule has 0 bridgehead atoms. The van der Waals surface area contributed by atoms with Gasteiger partial charge in [0.05, 0.1) is 0 Å². The first kappa shape index (κ1) is 15.5. The molecular formula is C11H17F3N4O. The van der Waals surface area contributed by atoms with Gasteiger partial charge in [-0.3, -0.25) is 0 Å². The molecule has 1 aromatic heterocycles. The van der Waals surface area contributed by atoms with Crippen LogP contribution in [0, 0.1) is 0 Å². The fourth-order valence-corrected chi connectivity index (χ4v) is 1.37. The highest BCUT2D eigenvalue weighted by atomic mass is 19.4. The summed E-state index contributed by atoms with van der Waals surface area (Å²) in [7, 11) is 0. The second-order valence-corrected chi connectivity index (χ2v) is 3.88. The number of aromatic nitrogens is 2. The number of nitrogen functional groups attached to an aromatic ring is 1. The van der Waals surface area contributed by atoms with Crippen molar-refractivity contribution in [1.82, 2.24) is 9.97 Å². The molecule has 5 nitrogen and oxygen atoms in total. The van der Waals surface area contributed by atoms with E-state index in [2.05, 4.69) is 15.3 Å². The van der Waals surface area contributed by atoms with E-state index >= 15 is 0 Å². The Morgan fingerprint density at radius 3 is 2.74 bits per heavy atom. The van der Waals surface area contributed by atoms with Crippen LogP contribution in [0.2, 0.25) is 0 Å². The molecule has 0 aliphatic carbocycles. The number of nitrogens with two attached hydrogens (primary N) is 1. The Bertz CT molecular complexity index is 398. The Labute approximate surface area is 109 Å². The van der Waals surface area contributed by atoms with Gasteiger partial charge < -0.3 is 15.8 Å². The number of nitrogens with zero attached hydrogens (tertiary/aromatic N) is 2. The maximum absolute atomic E-state index is 12.0. The van der Waals surface area contributed by atoms with E-state index < -0.39 is 12.6 Å². The van der Waals surface area contributed by atoms with Crippen molar-refractivity contribution in [2.24, 2.45) is 0 Å². The first-order valence-corrected chi connectivity index (χ1v) is 5.92. The average molecular weight is 278 g/mol. The van der Waals surface area contributed by atoms with Crippen LogP contribution in [0.3, 0.4) is 0 Å². The fourth-order valence-electron chi connectivity index (χ4n) is 1.37. The van der Waals surface area contributed by atoms with Gasteiger partial charge in [-0.05, 0) is 13.3 Å². The van der Waals surface area contributed by atoms with Crippen molar-refractivity contribution in [3.63, 3.8) is 0 Å². The molecule has 0 saturated heterocycles. The Kier molecular flexibility index (Phi) is 5.81. The van der Waals surface area contributed by atoms with Crippen LogP contribution < -0.4 is 11.1 Å². The van der Waals surface area contributed by atoms with Crippen molar-refractivity contribution >= 4 is 11.6 Å². The molecule has 0 aromatic carbocycles. The number of anilines is 2. The van der Waals surface area contributed by atoms with E-state index in [0.717, 1.165) is 0 Å². The molecule has 0 radical (unpaired) electrons. The molecule has 3 N–H and O–H groups in total.